The number of aromatic amines is 1. The summed E-state index contributed by atoms with van der Waals surface area (Å²) in [6.07, 6.45) is -0.676. The van der Waals surface area contributed by atoms with Gasteiger partial charge in [-0.2, -0.15) is 5.10 Å². The van der Waals surface area contributed by atoms with E-state index >= 15 is 0 Å². The van der Waals surface area contributed by atoms with Gasteiger partial charge in [0.15, 0.2) is 11.0 Å². The molecule has 3 aromatic rings. The number of carbonyl (C=O) groups is 2. The molecule has 0 aliphatic carbocycles. The summed E-state index contributed by atoms with van der Waals surface area (Å²) in [6, 6.07) is 3.31. The van der Waals surface area contributed by atoms with Crippen molar-refractivity contribution in [2.24, 2.45) is 0 Å². The van der Waals surface area contributed by atoms with Crippen LogP contribution in [0.3, 0.4) is 0 Å². The quantitative estimate of drug-likeness (QED) is 0.301. The summed E-state index contributed by atoms with van der Waals surface area (Å²) < 4.78 is 28.0. The fourth-order valence-corrected chi connectivity index (χ4v) is 6.32. The molecule has 2 aliphatic rings. The number of benzene rings is 1. The minimum Gasteiger partial charge on any atom is -0.361 e. The van der Waals surface area contributed by atoms with Crippen molar-refractivity contribution in [3.8, 4) is 0 Å². The monoisotopic (exact) mass is 622 g/mol. The van der Waals surface area contributed by atoms with E-state index in [1.807, 2.05) is 12.1 Å². The summed E-state index contributed by atoms with van der Waals surface area (Å²) in [4.78, 5) is 33.0. The molecule has 42 heavy (non-hydrogen) atoms. The lowest BCUT2D eigenvalue weighted by molar-refractivity contribution is -0.130. The van der Waals surface area contributed by atoms with Crippen LogP contribution in [0.25, 0.3) is 10.9 Å². The van der Waals surface area contributed by atoms with Crippen LogP contribution < -0.4 is 10.6 Å². The number of hydrogen-bond acceptors (Lipinski definition) is 6. The van der Waals surface area contributed by atoms with Crippen molar-refractivity contribution in [2.45, 2.75) is 57.7 Å². The van der Waals surface area contributed by atoms with E-state index in [0.717, 1.165) is 16.5 Å². The average Bonchev–Trinajstić information content (AvgIpc) is 3.59. The zero-order valence-corrected chi connectivity index (χ0v) is 25.2. The second-order valence-electron chi connectivity index (χ2n) is 11.8. The van der Waals surface area contributed by atoms with Crippen molar-refractivity contribution in [1.29, 1.82) is 0 Å². The molecule has 0 saturated carbocycles. The molecule has 14 heteroatoms. The van der Waals surface area contributed by atoms with Gasteiger partial charge in [0.2, 0.25) is 5.91 Å². The zero-order valence-electron chi connectivity index (χ0n) is 23.7. The van der Waals surface area contributed by atoms with E-state index in [-0.39, 0.29) is 47.3 Å². The van der Waals surface area contributed by atoms with Crippen molar-refractivity contribution >= 4 is 51.7 Å². The average molecular weight is 624 g/mol. The molecule has 2 fully saturated rings. The second kappa shape index (κ2) is 11.8. The molecule has 2 saturated heterocycles. The Balaban J connectivity index is 1.41. The van der Waals surface area contributed by atoms with Gasteiger partial charge in [-0.15, -0.1) is 0 Å². The summed E-state index contributed by atoms with van der Waals surface area (Å²) >= 11 is 13.1. The van der Waals surface area contributed by atoms with Crippen LogP contribution in [0.1, 0.15) is 55.1 Å². The van der Waals surface area contributed by atoms with E-state index in [1.54, 1.807) is 14.4 Å². The molecular weight excluding hydrogens is 589 g/mol. The van der Waals surface area contributed by atoms with Crippen LogP contribution in [0.15, 0.2) is 24.8 Å². The summed E-state index contributed by atoms with van der Waals surface area (Å²) in [7, 11) is 0. The van der Waals surface area contributed by atoms with E-state index in [9.17, 15) is 18.4 Å². The SMILES string of the molecule is C=CC(=O)N1CC(NC(=O)c2c(Cl)nc(CNc3n[nH]c4cc(Cl)c(C(C)(C)C)cc34)n2[C@@H]2CCN(CC(F)F)C2)C1. The number of likely N-dealkylation sites (tertiary alicyclic amines) is 2. The third kappa shape index (κ3) is 6.11. The van der Waals surface area contributed by atoms with Gasteiger partial charge < -0.3 is 20.1 Å². The topological polar surface area (TPSA) is 111 Å². The summed E-state index contributed by atoms with van der Waals surface area (Å²) in [5, 5.41) is 15.2. The van der Waals surface area contributed by atoms with Gasteiger partial charge in [0, 0.05) is 42.6 Å². The van der Waals surface area contributed by atoms with Gasteiger partial charge in [-0.05, 0) is 35.6 Å². The maximum absolute atomic E-state index is 13.5. The van der Waals surface area contributed by atoms with Crippen LogP contribution in [-0.2, 0) is 16.8 Å². The molecule has 10 nitrogen and oxygen atoms in total. The summed E-state index contributed by atoms with van der Waals surface area (Å²) in [6.45, 7) is 11.1. The Morgan fingerprint density at radius 3 is 2.64 bits per heavy atom. The zero-order chi connectivity index (χ0) is 30.3. The van der Waals surface area contributed by atoms with Gasteiger partial charge >= 0.3 is 0 Å². The minimum atomic E-state index is -2.46. The Labute approximate surface area is 252 Å². The van der Waals surface area contributed by atoms with Crippen LogP contribution in [0.4, 0.5) is 14.6 Å². The molecule has 1 atom stereocenters. The molecule has 1 aromatic carbocycles. The predicted molar refractivity (Wildman–Crippen MR) is 158 cm³/mol. The summed E-state index contributed by atoms with van der Waals surface area (Å²) in [5.41, 5.74) is 1.72. The van der Waals surface area contributed by atoms with Gasteiger partial charge in [-0.25, -0.2) is 13.8 Å². The van der Waals surface area contributed by atoms with Crippen molar-refractivity contribution in [3.05, 3.63) is 52.0 Å². The number of hydrogen-bond donors (Lipinski definition) is 3. The number of nitrogens with one attached hydrogen (secondary N) is 3. The van der Waals surface area contributed by atoms with Gasteiger partial charge in [0.25, 0.3) is 12.3 Å². The minimum absolute atomic E-state index is 0.0173. The maximum Gasteiger partial charge on any atom is 0.271 e. The van der Waals surface area contributed by atoms with Crippen LogP contribution in [-0.4, -0.2) is 86.6 Å². The highest BCUT2D eigenvalue weighted by Crippen LogP contribution is 2.35. The standard InChI is InChI=1S/C28H34Cl2F2N8O2/c1-5-23(41)39-11-15(12-39)34-27(42)24-25(30)35-22(40(24)16-6-7-38(13-16)14-21(31)32)10-33-26-17-8-18(28(2,3)4)19(29)9-20(17)36-37-26/h5,8-9,15-16,21H,1,6-7,10-14H2,2-4H3,(H,34,42)(H2,33,36,37)/t16-/m1/s1. The van der Waals surface area contributed by atoms with E-state index in [1.165, 1.54) is 6.08 Å². The molecule has 2 amide bonds. The lowest BCUT2D eigenvalue weighted by atomic mass is 9.86. The van der Waals surface area contributed by atoms with E-state index in [4.69, 9.17) is 23.2 Å². The van der Waals surface area contributed by atoms with Crippen molar-refractivity contribution in [1.82, 2.24) is 34.9 Å². The number of fused-ring (bicyclic) bond motifs is 1. The number of H-pyrrole nitrogens is 1. The maximum atomic E-state index is 13.5. The number of halogens is 4. The van der Waals surface area contributed by atoms with Crippen LogP contribution in [0.5, 0.6) is 0 Å². The number of alkyl halides is 2. The number of carbonyl (C=O) groups excluding carboxylic acids is 2. The fraction of sp³-hybridized carbons (Fsp3) is 0.500. The van der Waals surface area contributed by atoms with Gasteiger partial charge in [0.1, 0.15) is 11.5 Å². The Bertz CT molecular complexity index is 1510. The Morgan fingerprint density at radius 2 is 1.98 bits per heavy atom. The predicted octanol–water partition coefficient (Wildman–Crippen LogP) is 4.61. The van der Waals surface area contributed by atoms with Crippen molar-refractivity contribution < 1.29 is 18.4 Å². The fourth-order valence-electron chi connectivity index (χ4n) is 5.60. The normalized spacial score (nSPS) is 18.1. The van der Waals surface area contributed by atoms with Crippen molar-refractivity contribution in [2.75, 3.05) is 38.0 Å². The lowest BCUT2D eigenvalue weighted by Crippen LogP contribution is -2.60. The summed E-state index contributed by atoms with van der Waals surface area (Å²) in [5.74, 6) is 0.421. The Kier molecular flexibility index (Phi) is 8.51. The third-order valence-corrected chi connectivity index (χ3v) is 8.32. The van der Waals surface area contributed by atoms with E-state index in [2.05, 4.69) is 53.2 Å². The molecule has 0 radical (unpaired) electrons. The van der Waals surface area contributed by atoms with Gasteiger partial charge in [-0.3, -0.25) is 19.6 Å². The molecule has 2 aromatic heterocycles. The number of rotatable bonds is 9. The Morgan fingerprint density at radius 1 is 1.24 bits per heavy atom. The highest BCUT2D eigenvalue weighted by atomic mass is 35.5. The lowest BCUT2D eigenvalue weighted by Gasteiger charge is -2.39. The molecule has 5 rings (SSSR count). The molecule has 226 valence electrons. The van der Waals surface area contributed by atoms with Crippen LogP contribution in [0.2, 0.25) is 10.2 Å². The van der Waals surface area contributed by atoms with Crippen LogP contribution >= 0.6 is 23.2 Å². The largest absolute Gasteiger partial charge is 0.361 e. The Hall–Kier alpha value is -3.22. The first-order chi connectivity index (χ1) is 19.8. The molecule has 4 heterocycles. The first-order valence-electron chi connectivity index (χ1n) is 13.8. The van der Waals surface area contributed by atoms with Crippen molar-refractivity contribution in [3.63, 3.8) is 0 Å². The van der Waals surface area contributed by atoms with Gasteiger partial charge in [-0.1, -0.05) is 50.6 Å². The van der Waals surface area contributed by atoms with Crippen LogP contribution in [0, 0.1) is 0 Å². The molecular formula is C28H34Cl2F2N8O2. The van der Waals surface area contributed by atoms with Gasteiger partial charge in [0.05, 0.1) is 24.6 Å². The molecule has 2 aliphatic heterocycles. The number of nitrogens with zero attached hydrogens (tertiary/aromatic N) is 5. The molecule has 0 bridgehead atoms. The number of imidazole rings is 1. The highest BCUT2D eigenvalue weighted by molar-refractivity contribution is 6.32. The van der Waals surface area contributed by atoms with E-state index in [0.29, 0.717) is 49.3 Å². The smallest absolute Gasteiger partial charge is 0.271 e. The highest BCUT2D eigenvalue weighted by Gasteiger charge is 2.35. The molecule has 3 N–H and O–H groups in total. The molecule has 0 unspecified atom stereocenters. The number of amides is 2. The first-order valence-corrected chi connectivity index (χ1v) is 14.5. The first kappa shape index (κ1) is 30.2. The number of aromatic nitrogens is 4. The molecule has 0 spiro atoms. The van der Waals surface area contributed by atoms with E-state index < -0.39 is 12.3 Å². The number of anilines is 1. The second-order valence-corrected chi connectivity index (χ2v) is 12.6. The third-order valence-electron chi connectivity index (χ3n) is 7.74.